The lowest BCUT2D eigenvalue weighted by molar-refractivity contribution is 0.0562. The lowest BCUT2D eigenvalue weighted by atomic mass is 10.2. The molecule has 1 aliphatic rings. The van der Waals surface area contributed by atoms with Gasteiger partial charge in [-0.05, 0) is 31.2 Å². The van der Waals surface area contributed by atoms with Crippen molar-refractivity contribution in [2.75, 3.05) is 13.7 Å². The summed E-state index contributed by atoms with van der Waals surface area (Å²) in [5, 5.41) is 0. The minimum atomic E-state index is 0.230. The molecule has 0 saturated carbocycles. The second-order valence-electron chi connectivity index (χ2n) is 5.45. The Morgan fingerprint density at radius 3 is 2.95 bits per heavy atom. The molecule has 0 aromatic carbocycles. The molecule has 0 radical (unpaired) electrons. The first-order chi connectivity index (χ1) is 9.74. The fourth-order valence-corrected chi connectivity index (χ4v) is 2.82. The molecule has 20 heavy (non-hydrogen) atoms. The third kappa shape index (κ3) is 2.92. The molecular formula is C16H21N3O. The molecule has 3 rings (SSSR count). The lowest BCUT2D eigenvalue weighted by Crippen LogP contribution is -2.32. The van der Waals surface area contributed by atoms with Crippen LogP contribution in [0.5, 0.6) is 0 Å². The van der Waals surface area contributed by atoms with E-state index in [9.17, 15) is 0 Å². The SMILES string of the molecule is COC1CN(Cc2cccc(C)n2)Cc2cccn2C1. The molecule has 0 amide bonds. The van der Waals surface area contributed by atoms with E-state index in [1.165, 1.54) is 5.69 Å². The number of hydrogen-bond donors (Lipinski definition) is 0. The van der Waals surface area contributed by atoms with E-state index in [-0.39, 0.29) is 6.10 Å². The maximum Gasteiger partial charge on any atom is 0.0876 e. The molecule has 0 N–H and O–H groups in total. The van der Waals surface area contributed by atoms with Gasteiger partial charge in [-0.1, -0.05) is 6.07 Å². The van der Waals surface area contributed by atoms with Gasteiger partial charge in [0.2, 0.25) is 0 Å². The van der Waals surface area contributed by atoms with E-state index in [2.05, 4.69) is 44.9 Å². The van der Waals surface area contributed by atoms with Gasteiger partial charge in [-0.25, -0.2) is 0 Å². The van der Waals surface area contributed by atoms with E-state index in [0.29, 0.717) is 0 Å². The molecule has 106 valence electrons. The Morgan fingerprint density at radius 1 is 1.25 bits per heavy atom. The Morgan fingerprint density at radius 2 is 2.15 bits per heavy atom. The van der Waals surface area contributed by atoms with Crippen molar-refractivity contribution >= 4 is 0 Å². The van der Waals surface area contributed by atoms with Crippen molar-refractivity contribution in [3.8, 4) is 0 Å². The number of methoxy groups -OCH3 is 1. The first kappa shape index (κ1) is 13.3. The van der Waals surface area contributed by atoms with Crippen LogP contribution in [0.25, 0.3) is 0 Å². The zero-order valence-electron chi connectivity index (χ0n) is 12.1. The number of ether oxygens (including phenoxy) is 1. The van der Waals surface area contributed by atoms with E-state index in [1.54, 1.807) is 7.11 Å². The summed E-state index contributed by atoms with van der Waals surface area (Å²) in [4.78, 5) is 7.01. The van der Waals surface area contributed by atoms with Gasteiger partial charge >= 0.3 is 0 Å². The minimum absolute atomic E-state index is 0.230. The number of fused-ring (bicyclic) bond motifs is 1. The molecule has 4 nitrogen and oxygen atoms in total. The van der Waals surface area contributed by atoms with Crippen LogP contribution in [0.3, 0.4) is 0 Å². The third-order valence-corrected chi connectivity index (χ3v) is 3.84. The van der Waals surface area contributed by atoms with Crippen molar-refractivity contribution in [2.45, 2.75) is 32.7 Å². The predicted octanol–water partition coefficient (Wildman–Crippen LogP) is 2.22. The van der Waals surface area contributed by atoms with Gasteiger partial charge in [-0.3, -0.25) is 9.88 Å². The van der Waals surface area contributed by atoms with E-state index in [4.69, 9.17) is 4.74 Å². The average molecular weight is 271 g/mol. The fraction of sp³-hybridized carbons (Fsp3) is 0.438. The average Bonchev–Trinajstić information content (AvgIpc) is 2.78. The maximum absolute atomic E-state index is 5.61. The molecule has 0 aliphatic carbocycles. The summed E-state index contributed by atoms with van der Waals surface area (Å²) in [5.41, 5.74) is 3.54. The molecule has 1 aliphatic heterocycles. The van der Waals surface area contributed by atoms with Crippen molar-refractivity contribution in [2.24, 2.45) is 0 Å². The van der Waals surface area contributed by atoms with Gasteiger partial charge in [-0.2, -0.15) is 0 Å². The summed E-state index contributed by atoms with van der Waals surface area (Å²) in [6.45, 7) is 5.72. The smallest absolute Gasteiger partial charge is 0.0876 e. The first-order valence-corrected chi connectivity index (χ1v) is 7.06. The van der Waals surface area contributed by atoms with Gasteiger partial charge in [0.1, 0.15) is 0 Å². The highest BCUT2D eigenvalue weighted by Crippen LogP contribution is 2.16. The quantitative estimate of drug-likeness (QED) is 0.857. The van der Waals surface area contributed by atoms with E-state index in [0.717, 1.165) is 37.6 Å². The van der Waals surface area contributed by atoms with Crippen LogP contribution in [0.1, 0.15) is 17.1 Å². The number of aryl methyl sites for hydroxylation is 1. The Labute approximate surface area is 120 Å². The summed E-state index contributed by atoms with van der Waals surface area (Å²) in [7, 11) is 1.79. The van der Waals surface area contributed by atoms with Gasteiger partial charge in [0.05, 0.1) is 11.8 Å². The summed E-state index contributed by atoms with van der Waals surface area (Å²) in [6, 6.07) is 10.5. The number of nitrogens with zero attached hydrogens (tertiary/aromatic N) is 3. The third-order valence-electron chi connectivity index (χ3n) is 3.84. The molecule has 0 spiro atoms. The van der Waals surface area contributed by atoms with Crippen LogP contribution < -0.4 is 0 Å². The lowest BCUT2D eigenvalue weighted by Gasteiger charge is -2.22. The van der Waals surface area contributed by atoms with Gasteiger partial charge < -0.3 is 9.30 Å². The maximum atomic E-state index is 5.61. The molecule has 0 fully saturated rings. The van der Waals surface area contributed by atoms with Crippen molar-refractivity contribution in [1.82, 2.24) is 14.5 Å². The predicted molar refractivity (Wildman–Crippen MR) is 78.3 cm³/mol. The van der Waals surface area contributed by atoms with Crippen LogP contribution in [0.15, 0.2) is 36.5 Å². The van der Waals surface area contributed by atoms with Gasteiger partial charge in [0.15, 0.2) is 0 Å². The van der Waals surface area contributed by atoms with E-state index >= 15 is 0 Å². The largest absolute Gasteiger partial charge is 0.378 e. The number of aromatic nitrogens is 2. The molecule has 0 bridgehead atoms. The first-order valence-electron chi connectivity index (χ1n) is 7.06. The summed E-state index contributed by atoms with van der Waals surface area (Å²) in [5.74, 6) is 0. The molecule has 0 saturated heterocycles. The summed E-state index contributed by atoms with van der Waals surface area (Å²) < 4.78 is 7.90. The Kier molecular flexibility index (Phi) is 3.85. The molecule has 1 atom stereocenters. The zero-order chi connectivity index (χ0) is 13.9. The summed E-state index contributed by atoms with van der Waals surface area (Å²) >= 11 is 0. The molecule has 2 aromatic rings. The van der Waals surface area contributed by atoms with Crippen LogP contribution >= 0.6 is 0 Å². The highest BCUT2D eigenvalue weighted by molar-refractivity contribution is 5.12. The van der Waals surface area contributed by atoms with Crippen LogP contribution in [0.2, 0.25) is 0 Å². The summed E-state index contributed by atoms with van der Waals surface area (Å²) in [6.07, 6.45) is 2.36. The Hall–Kier alpha value is -1.65. The Bertz CT molecular complexity index is 579. The van der Waals surface area contributed by atoms with Gasteiger partial charge in [-0.15, -0.1) is 0 Å². The van der Waals surface area contributed by atoms with Crippen molar-refractivity contribution in [3.63, 3.8) is 0 Å². The topological polar surface area (TPSA) is 30.3 Å². The van der Waals surface area contributed by atoms with Gasteiger partial charge in [0.25, 0.3) is 0 Å². The van der Waals surface area contributed by atoms with Gasteiger partial charge in [0, 0.05) is 50.9 Å². The molecular weight excluding hydrogens is 250 g/mol. The zero-order valence-corrected chi connectivity index (χ0v) is 12.1. The van der Waals surface area contributed by atoms with Crippen molar-refractivity contribution in [3.05, 3.63) is 53.6 Å². The molecule has 2 aromatic heterocycles. The van der Waals surface area contributed by atoms with Crippen LogP contribution in [-0.4, -0.2) is 34.2 Å². The normalized spacial score (nSPS) is 19.6. The van der Waals surface area contributed by atoms with Crippen LogP contribution in [0.4, 0.5) is 0 Å². The monoisotopic (exact) mass is 271 g/mol. The minimum Gasteiger partial charge on any atom is -0.378 e. The highest BCUT2D eigenvalue weighted by Gasteiger charge is 2.21. The second kappa shape index (κ2) is 5.77. The number of pyridine rings is 1. The standard InChI is InChI=1S/C16H21N3O/c1-13-5-3-6-14(17-13)9-18-10-15-7-4-8-19(15)12-16(11-18)20-2/h3-8,16H,9-12H2,1-2H3. The van der Waals surface area contributed by atoms with E-state index in [1.807, 2.05) is 13.0 Å². The molecule has 4 heteroatoms. The van der Waals surface area contributed by atoms with E-state index < -0.39 is 0 Å². The number of hydrogen-bond acceptors (Lipinski definition) is 3. The van der Waals surface area contributed by atoms with Crippen LogP contribution in [-0.2, 0) is 24.4 Å². The highest BCUT2D eigenvalue weighted by atomic mass is 16.5. The number of rotatable bonds is 3. The molecule has 3 heterocycles. The fourth-order valence-electron chi connectivity index (χ4n) is 2.82. The van der Waals surface area contributed by atoms with Crippen molar-refractivity contribution < 1.29 is 4.74 Å². The Balaban J connectivity index is 1.79. The molecule has 1 unspecified atom stereocenters. The second-order valence-corrected chi connectivity index (χ2v) is 5.45. The van der Waals surface area contributed by atoms with Crippen molar-refractivity contribution in [1.29, 1.82) is 0 Å². The van der Waals surface area contributed by atoms with Crippen LogP contribution in [0, 0.1) is 6.92 Å².